The maximum absolute atomic E-state index is 13.1. The Labute approximate surface area is 310 Å². The maximum atomic E-state index is 13.1. The third kappa shape index (κ3) is 9.79. The molecule has 9 heteroatoms. The van der Waals surface area contributed by atoms with Crippen molar-refractivity contribution >= 4 is 23.6 Å². The fourth-order valence-corrected chi connectivity index (χ4v) is 6.13. The number of hydrogen-bond donors (Lipinski definition) is 0. The predicted molar refractivity (Wildman–Crippen MR) is 204 cm³/mol. The highest BCUT2D eigenvalue weighted by Gasteiger charge is 2.20. The number of nitrogens with zero attached hydrogens (tertiary/aromatic N) is 4. The molecule has 52 heavy (non-hydrogen) atoms. The molecule has 1 saturated heterocycles. The van der Waals surface area contributed by atoms with E-state index in [0.29, 0.717) is 53.6 Å². The summed E-state index contributed by atoms with van der Waals surface area (Å²) in [6.07, 6.45) is 4.98. The van der Waals surface area contributed by atoms with Crippen molar-refractivity contribution in [2.24, 2.45) is 0 Å². The Kier molecular flexibility index (Phi) is 11.9. The highest BCUT2D eigenvalue weighted by molar-refractivity contribution is 6.32. The minimum atomic E-state index is -0.0256. The van der Waals surface area contributed by atoms with Gasteiger partial charge in [-0.25, -0.2) is 4.98 Å². The van der Waals surface area contributed by atoms with E-state index in [-0.39, 0.29) is 5.91 Å². The standard InChI is InChI=1S/C43H41ClN4O4/c1-30(2)36-11-15-38(16-12-36)51-37-13-8-33(9-14-37)28-47-20-22-48(23-21-47)42(49)19-10-35-24-31(3)43(40(44)25-35)52-41-18-17-39(27-46-41)50-29-34-6-4-32(26-45)5-7-34/h4-19,24-25,27,30H,20-23,28-29H2,1-3H3. The molecule has 1 fully saturated rings. The van der Waals surface area contributed by atoms with Crippen LogP contribution in [0.4, 0.5) is 0 Å². The molecule has 0 saturated carbocycles. The molecule has 0 spiro atoms. The van der Waals surface area contributed by atoms with Crippen LogP contribution in [-0.4, -0.2) is 46.9 Å². The quantitative estimate of drug-likeness (QED) is 0.119. The molecule has 2 heterocycles. The van der Waals surface area contributed by atoms with Crippen LogP contribution >= 0.6 is 11.6 Å². The molecule has 8 nitrogen and oxygen atoms in total. The molecule has 1 aliphatic heterocycles. The fourth-order valence-electron chi connectivity index (χ4n) is 5.82. The van der Waals surface area contributed by atoms with E-state index in [4.69, 9.17) is 31.1 Å². The summed E-state index contributed by atoms with van der Waals surface area (Å²) in [7, 11) is 0. The second-order valence-corrected chi connectivity index (χ2v) is 13.5. The lowest BCUT2D eigenvalue weighted by Gasteiger charge is -2.34. The van der Waals surface area contributed by atoms with Gasteiger partial charge in [0.25, 0.3) is 0 Å². The molecular formula is C43H41ClN4O4. The number of halogens is 1. The van der Waals surface area contributed by atoms with Gasteiger partial charge in [0.2, 0.25) is 11.8 Å². The van der Waals surface area contributed by atoms with Crippen LogP contribution in [0.25, 0.3) is 6.08 Å². The van der Waals surface area contributed by atoms with Crippen LogP contribution in [0, 0.1) is 18.3 Å². The van der Waals surface area contributed by atoms with Gasteiger partial charge in [0.1, 0.15) is 23.9 Å². The van der Waals surface area contributed by atoms with E-state index in [1.165, 1.54) is 11.1 Å². The number of pyridine rings is 1. The van der Waals surface area contributed by atoms with E-state index < -0.39 is 0 Å². The first-order valence-electron chi connectivity index (χ1n) is 17.3. The van der Waals surface area contributed by atoms with Gasteiger partial charge in [0.05, 0.1) is 22.9 Å². The first-order chi connectivity index (χ1) is 25.2. The average molecular weight is 713 g/mol. The van der Waals surface area contributed by atoms with Crippen molar-refractivity contribution in [3.05, 3.63) is 148 Å². The first-order valence-corrected chi connectivity index (χ1v) is 17.7. The zero-order valence-corrected chi connectivity index (χ0v) is 30.3. The van der Waals surface area contributed by atoms with Crippen LogP contribution in [0.15, 0.2) is 109 Å². The summed E-state index contributed by atoms with van der Waals surface area (Å²) in [5.41, 5.74) is 5.68. The van der Waals surface area contributed by atoms with Gasteiger partial charge in [-0.2, -0.15) is 5.26 Å². The Bertz CT molecular complexity index is 2010. The lowest BCUT2D eigenvalue weighted by molar-refractivity contribution is -0.127. The zero-order chi connectivity index (χ0) is 36.5. The predicted octanol–water partition coefficient (Wildman–Crippen LogP) is 9.56. The third-order valence-electron chi connectivity index (χ3n) is 8.87. The second-order valence-electron chi connectivity index (χ2n) is 13.1. The number of aryl methyl sites for hydroxylation is 1. The number of piperazine rings is 1. The SMILES string of the molecule is Cc1cc(C=CC(=O)N2CCN(Cc3ccc(Oc4ccc(C(C)C)cc4)cc3)CC2)cc(Cl)c1Oc1ccc(OCc2ccc(C#N)cc2)cn1. The van der Waals surface area contributed by atoms with Gasteiger partial charge in [-0.3, -0.25) is 9.69 Å². The minimum absolute atomic E-state index is 0.0256. The molecule has 1 aromatic heterocycles. The van der Waals surface area contributed by atoms with Crippen molar-refractivity contribution in [2.45, 2.75) is 39.8 Å². The van der Waals surface area contributed by atoms with Gasteiger partial charge in [0, 0.05) is 44.9 Å². The highest BCUT2D eigenvalue weighted by Crippen LogP contribution is 2.34. The van der Waals surface area contributed by atoms with Gasteiger partial charge < -0.3 is 19.1 Å². The number of carbonyl (C=O) groups is 1. The molecule has 0 N–H and O–H groups in total. The molecule has 0 atom stereocenters. The second kappa shape index (κ2) is 17.1. The molecule has 0 radical (unpaired) electrons. The Balaban J connectivity index is 0.950. The molecular weight excluding hydrogens is 672 g/mol. The van der Waals surface area contributed by atoms with Crippen LogP contribution in [0.3, 0.4) is 0 Å². The summed E-state index contributed by atoms with van der Waals surface area (Å²) < 4.78 is 17.9. The summed E-state index contributed by atoms with van der Waals surface area (Å²) in [4.78, 5) is 21.7. The van der Waals surface area contributed by atoms with Crippen LogP contribution in [-0.2, 0) is 17.9 Å². The third-order valence-corrected chi connectivity index (χ3v) is 9.15. The molecule has 0 bridgehead atoms. The molecule has 1 amide bonds. The number of rotatable bonds is 12. The van der Waals surface area contributed by atoms with Crippen molar-refractivity contribution in [1.29, 1.82) is 5.26 Å². The van der Waals surface area contributed by atoms with Crippen LogP contribution in [0.5, 0.6) is 28.9 Å². The number of nitriles is 1. The summed E-state index contributed by atoms with van der Waals surface area (Å²) in [5.74, 6) is 3.57. The highest BCUT2D eigenvalue weighted by atomic mass is 35.5. The van der Waals surface area contributed by atoms with Gasteiger partial charge in [-0.1, -0.05) is 61.8 Å². The number of hydrogen-bond acceptors (Lipinski definition) is 7. The summed E-state index contributed by atoms with van der Waals surface area (Å²) in [5, 5.41) is 9.37. The van der Waals surface area contributed by atoms with Crippen molar-refractivity contribution in [3.8, 4) is 34.9 Å². The monoisotopic (exact) mass is 712 g/mol. The normalized spacial score (nSPS) is 13.3. The van der Waals surface area contributed by atoms with Crippen LogP contribution < -0.4 is 14.2 Å². The lowest BCUT2D eigenvalue weighted by atomic mass is 10.0. The molecule has 0 unspecified atom stereocenters. The van der Waals surface area contributed by atoms with E-state index in [1.807, 2.05) is 54.3 Å². The van der Waals surface area contributed by atoms with E-state index in [0.717, 1.165) is 47.8 Å². The number of benzene rings is 4. The van der Waals surface area contributed by atoms with Crippen LogP contribution in [0.1, 0.15) is 53.1 Å². The number of aromatic nitrogens is 1. The summed E-state index contributed by atoms with van der Waals surface area (Å²) in [6.45, 7) is 10.4. The van der Waals surface area contributed by atoms with E-state index in [1.54, 1.807) is 48.7 Å². The zero-order valence-electron chi connectivity index (χ0n) is 29.6. The Morgan fingerprint density at radius 2 is 1.52 bits per heavy atom. The minimum Gasteiger partial charge on any atom is -0.487 e. The van der Waals surface area contributed by atoms with E-state index >= 15 is 0 Å². The number of amides is 1. The maximum Gasteiger partial charge on any atom is 0.246 e. The van der Waals surface area contributed by atoms with E-state index in [9.17, 15) is 4.79 Å². The van der Waals surface area contributed by atoms with Crippen molar-refractivity contribution < 1.29 is 19.0 Å². The van der Waals surface area contributed by atoms with Gasteiger partial charge in [-0.05, 0) is 101 Å². The molecule has 6 rings (SSSR count). The lowest BCUT2D eigenvalue weighted by Crippen LogP contribution is -2.47. The van der Waals surface area contributed by atoms with Gasteiger partial charge >= 0.3 is 0 Å². The van der Waals surface area contributed by atoms with Crippen LogP contribution in [0.2, 0.25) is 5.02 Å². The Hall–Kier alpha value is -5.62. The molecule has 4 aromatic carbocycles. The summed E-state index contributed by atoms with van der Waals surface area (Å²) in [6, 6.07) is 33.0. The Morgan fingerprint density at radius 3 is 2.13 bits per heavy atom. The number of ether oxygens (including phenoxy) is 3. The van der Waals surface area contributed by atoms with E-state index in [2.05, 4.69) is 54.1 Å². The smallest absolute Gasteiger partial charge is 0.246 e. The van der Waals surface area contributed by atoms with Crippen molar-refractivity contribution in [3.63, 3.8) is 0 Å². The van der Waals surface area contributed by atoms with Gasteiger partial charge in [-0.15, -0.1) is 0 Å². The fraction of sp³-hybridized carbons (Fsp3) is 0.233. The molecule has 1 aliphatic rings. The van der Waals surface area contributed by atoms with Crippen molar-refractivity contribution in [2.75, 3.05) is 26.2 Å². The molecule has 5 aromatic rings. The molecule has 0 aliphatic carbocycles. The first kappa shape index (κ1) is 36.2. The van der Waals surface area contributed by atoms with Gasteiger partial charge in [0.15, 0.2) is 5.75 Å². The average Bonchev–Trinajstić information content (AvgIpc) is 3.16. The van der Waals surface area contributed by atoms with Crippen molar-refractivity contribution in [1.82, 2.24) is 14.8 Å². The molecule has 264 valence electrons. The number of carbonyl (C=O) groups excluding carboxylic acids is 1. The topological polar surface area (TPSA) is 87.9 Å². The largest absolute Gasteiger partial charge is 0.487 e. The summed E-state index contributed by atoms with van der Waals surface area (Å²) >= 11 is 6.62. The Morgan fingerprint density at radius 1 is 0.865 bits per heavy atom.